The van der Waals surface area contributed by atoms with Crippen LogP contribution in [0.3, 0.4) is 0 Å². The van der Waals surface area contributed by atoms with E-state index in [1.165, 1.54) is 6.08 Å². The summed E-state index contributed by atoms with van der Waals surface area (Å²) in [5, 5.41) is 17.4. The second kappa shape index (κ2) is 9.08. The molecule has 1 aromatic rings. The van der Waals surface area contributed by atoms with Crippen molar-refractivity contribution in [2.45, 2.75) is 53.7 Å². The van der Waals surface area contributed by atoms with Crippen LogP contribution in [-0.4, -0.2) is 33.4 Å². The number of hydrogen-bond donors (Lipinski definition) is 2. The highest BCUT2D eigenvalue weighted by Gasteiger charge is 2.12. The molecule has 23 heavy (non-hydrogen) atoms. The third-order valence-electron chi connectivity index (χ3n) is 3.56. The van der Waals surface area contributed by atoms with Gasteiger partial charge in [0.05, 0.1) is 11.8 Å². The summed E-state index contributed by atoms with van der Waals surface area (Å²) in [5.41, 5.74) is 1.57. The van der Waals surface area contributed by atoms with E-state index < -0.39 is 6.10 Å². The lowest BCUT2D eigenvalue weighted by Crippen LogP contribution is -2.27. The average molecular weight is 342 g/mol. The molecule has 1 atom stereocenters. The van der Waals surface area contributed by atoms with Crippen molar-refractivity contribution in [3.63, 3.8) is 0 Å². The maximum Gasteiger partial charge on any atom is 0.244 e. The molecule has 0 bridgehead atoms. The van der Waals surface area contributed by atoms with Gasteiger partial charge in [0.1, 0.15) is 5.15 Å². The predicted molar refractivity (Wildman–Crippen MR) is 94.3 cm³/mol. The Hall–Kier alpha value is -1.33. The quantitative estimate of drug-likeness (QED) is 0.714. The number of nitrogens with zero attached hydrogens (tertiary/aromatic N) is 2. The summed E-state index contributed by atoms with van der Waals surface area (Å²) in [6, 6.07) is 0. The largest absolute Gasteiger partial charge is 0.393 e. The number of aromatic nitrogens is 2. The van der Waals surface area contributed by atoms with Crippen molar-refractivity contribution in [1.29, 1.82) is 0 Å². The number of amides is 1. The van der Waals surface area contributed by atoms with E-state index in [0.29, 0.717) is 24.0 Å². The van der Waals surface area contributed by atoms with Gasteiger partial charge in [-0.2, -0.15) is 5.10 Å². The molecule has 0 aliphatic rings. The van der Waals surface area contributed by atoms with Crippen molar-refractivity contribution in [3.05, 3.63) is 22.5 Å². The highest BCUT2D eigenvalue weighted by atomic mass is 35.5. The van der Waals surface area contributed by atoms with Gasteiger partial charge in [-0.25, -0.2) is 0 Å². The van der Waals surface area contributed by atoms with E-state index in [4.69, 9.17) is 11.6 Å². The van der Waals surface area contributed by atoms with Crippen LogP contribution >= 0.6 is 11.6 Å². The molecule has 130 valence electrons. The van der Waals surface area contributed by atoms with Gasteiger partial charge in [-0.3, -0.25) is 9.48 Å². The fourth-order valence-corrected chi connectivity index (χ4v) is 2.42. The highest BCUT2D eigenvalue weighted by molar-refractivity contribution is 6.31. The van der Waals surface area contributed by atoms with E-state index in [2.05, 4.69) is 24.3 Å². The van der Waals surface area contributed by atoms with Gasteiger partial charge >= 0.3 is 0 Å². The van der Waals surface area contributed by atoms with Gasteiger partial charge in [0.25, 0.3) is 0 Å². The first kappa shape index (κ1) is 19.7. The third kappa shape index (κ3) is 6.36. The Balaban J connectivity index is 2.60. The molecule has 0 fully saturated rings. The number of carbonyl (C=O) groups excluding carboxylic acids is 1. The SMILES string of the molecule is Cc1nn(CC(C)C)c(Cl)c1C=CC(=O)NCCC(O)C(C)C. The van der Waals surface area contributed by atoms with Gasteiger partial charge in [0, 0.05) is 24.7 Å². The molecule has 1 amide bonds. The highest BCUT2D eigenvalue weighted by Crippen LogP contribution is 2.22. The summed E-state index contributed by atoms with van der Waals surface area (Å²) in [5.74, 6) is 0.433. The van der Waals surface area contributed by atoms with Gasteiger partial charge in [0.2, 0.25) is 5.91 Å². The Bertz CT molecular complexity index is 550. The zero-order valence-electron chi connectivity index (χ0n) is 14.6. The molecule has 0 aliphatic heterocycles. The van der Waals surface area contributed by atoms with E-state index in [0.717, 1.165) is 17.8 Å². The smallest absolute Gasteiger partial charge is 0.244 e. The first-order valence-corrected chi connectivity index (χ1v) is 8.47. The number of aliphatic hydroxyl groups is 1. The molecule has 0 saturated heterocycles. The van der Waals surface area contributed by atoms with Crippen molar-refractivity contribution >= 4 is 23.6 Å². The number of halogens is 1. The Morgan fingerprint density at radius 2 is 2.04 bits per heavy atom. The second-order valence-electron chi connectivity index (χ2n) is 6.59. The van der Waals surface area contributed by atoms with Crippen LogP contribution in [-0.2, 0) is 11.3 Å². The summed E-state index contributed by atoms with van der Waals surface area (Å²) in [4.78, 5) is 11.8. The topological polar surface area (TPSA) is 67.2 Å². The molecule has 0 spiro atoms. The van der Waals surface area contributed by atoms with E-state index >= 15 is 0 Å². The molecule has 6 heteroatoms. The Labute approximate surface area is 143 Å². The molecule has 1 unspecified atom stereocenters. The van der Waals surface area contributed by atoms with Crippen molar-refractivity contribution in [2.75, 3.05) is 6.54 Å². The maximum atomic E-state index is 11.8. The maximum absolute atomic E-state index is 11.8. The summed E-state index contributed by atoms with van der Waals surface area (Å²) in [6.07, 6.45) is 3.29. The van der Waals surface area contributed by atoms with Crippen molar-refractivity contribution in [3.8, 4) is 0 Å². The van der Waals surface area contributed by atoms with Gasteiger partial charge < -0.3 is 10.4 Å². The summed E-state index contributed by atoms with van der Waals surface area (Å²) >= 11 is 6.32. The number of aryl methyl sites for hydroxylation is 1. The van der Waals surface area contributed by atoms with Gasteiger partial charge in [-0.1, -0.05) is 39.3 Å². The van der Waals surface area contributed by atoms with Crippen molar-refractivity contribution in [2.24, 2.45) is 11.8 Å². The molecule has 0 radical (unpaired) electrons. The van der Waals surface area contributed by atoms with Crippen LogP contribution in [0.4, 0.5) is 0 Å². The van der Waals surface area contributed by atoms with E-state index in [9.17, 15) is 9.90 Å². The number of carbonyl (C=O) groups is 1. The third-order valence-corrected chi connectivity index (χ3v) is 3.96. The van der Waals surface area contributed by atoms with Gasteiger partial charge in [-0.15, -0.1) is 0 Å². The molecule has 1 rings (SSSR count). The minimum atomic E-state index is -0.398. The Kier molecular flexibility index (Phi) is 7.79. The van der Waals surface area contributed by atoms with E-state index in [-0.39, 0.29) is 11.8 Å². The minimum absolute atomic E-state index is 0.190. The number of aliphatic hydroxyl groups excluding tert-OH is 1. The predicted octanol–water partition coefficient (Wildman–Crippen LogP) is 3.04. The van der Waals surface area contributed by atoms with Crippen molar-refractivity contribution in [1.82, 2.24) is 15.1 Å². The van der Waals surface area contributed by atoms with Crippen LogP contribution in [0.5, 0.6) is 0 Å². The standard InChI is InChI=1S/C17H28ClN3O2/c1-11(2)10-21-17(18)14(13(5)20-21)6-7-16(23)19-9-8-15(22)12(3)4/h6-7,11-12,15,22H,8-10H2,1-5H3,(H,19,23). The number of rotatable bonds is 8. The van der Waals surface area contributed by atoms with Crippen LogP contribution in [0.1, 0.15) is 45.4 Å². The molecular weight excluding hydrogens is 314 g/mol. The second-order valence-corrected chi connectivity index (χ2v) is 6.95. The lowest BCUT2D eigenvalue weighted by atomic mass is 10.0. The van der Waals surface area contributed by atoms with Gasteiger partial charge in [-0.05, 0) is 31.3 Å². The Morgan fingerprint density at radius 3 is 2.61 bits per heavy atom. The van der Waals surface area contributed by atoms with Crippen LogP contribution < -0.4 is 5.32 Å². The lowest BCUT2D eigenvalue weighted by molar-refractivity contribution is -0.116. The molecule has 5 nitrogen and oxygen atoms in total. The zero-order chi connectivity index (χ0) is 17.6. The summed E-state index contributed by atoms with van der Waals surface area (Å²) < 4.78 is 1.76. The number of nitrogens with one attached hydrogen (secondary N) is 1. The molecule has 0 aliphatic carbocycles. The van der Waals surface area contributed by atoms with Gasteiger partial charge in [0.15, 0.2) is 0 Å². The lowest BCUT2D eigenvalue weighted by Gasteiger charge is -2.13. The minimum Gasteiger partial charge on any atom is -0.393 e. The van der Waals surface area contributed by atoms with Crippen LogP contribution in [0.2, 0.25) is 5.15 Å². The van der Waals surface area contributed by atoms with Crippen molar-refractivity contribution < 1.29 is 9.90 Å². The van der Waals surface area contributed by atoms with Crippen LogP contribution in [0, 0.1) is 18.8 Å². The number of hydrogen-bond acceptors (Lipinski definition) is 3. The molecule has 0 aromatic carbocycles. The van der Waals surface area contributed by atoms with E-state index in [1.807, 2.05) is 20.8 Å². The van der Waals surface area contributed by atoms with E-state index in [1.54, 1.807) is 10.8 Å². The Morgan fingerprint density at radius 1 is 1.39 bits per heavy atom. The summed E-state index contributed by atoms with van der Waals surface area (Å²) in [6.45, 7) is 11.2. The first-order valence-electron chi connectivity index (χ1n) is 8.09. The fourth-order valence-electron chi connectivity index (χ4n) is 2.12. The normalized spacial score (nSPS) is 13.3. The first-order chi connectivity index (χ1) is 10.7. The molecule has 2 N–H and O–H groups in total. The summed E-state index contributed by atoms with van der Waals surface area (Å²) in [7, 11) is 0. The molecule has 1 heterocycles. The average Bonchev–Trinajstić information content (AvgIpc) is 2.70. The fraction of sp³-hybridized carbons (Fsp3) is 0.647. The monoisotopic (exact) mass is 341 g/mol. The zero-order valence-corrected chi connectivity index (χ0v) is 15.4. The molecule has 1 aromatic heterocycles. The van der Waals surface area contributed by atoms with Crippen LogP contribution in [0.15, 0.2) is 6.08 Å². The molecule has 0 saturated carbocycles. The molecular formula is C17H28ClN3O2. The van der Waals surface area contributed by atoms with Crippen LogP contribution in [0.25, 0.3) is 6.08 Å².